The number of nitrogens with zero attached hydrogens (tertiary/aromatic N) is 2. The molecule has 0 atom stereocenters. The number of aromatic nitrogens is 1. The molecular formula is C15H14N2O3. The smallest absolute Gasteiger partial charge is 0.360 e. The van der Waals surface area contributed by atoms with Crippen LogP contribution in [0.2, 0.25) is 0 Å². The molecule has 2 rings (SSSR count). The van der Waals surface area contributed by atoms with E-state index in [4.69, 9.17) is 14.4 Å². The monoisotopic (exact) mass is 270 g/mol. The van der Waals surface area contributed by atoms with E-state index < -0.39 is 5.97 Å². The average Bonchev–Trinajstić information content (AvgIpc) is 2.86. The van der Waals surface area contributed by atoms with Crippen LogP contribution in [0.5, 0.6) is 0 Å². The van der Waals surface area contributed by atoms with E-state index in [9.17, 15) is 4.79 Å². The van der Waals surface area contributed by atoms with Gasteiger partial charge in [-0.2, -0.15) is 5.26 Å². The highest BCUT2D eigenvalue weighted by molar-refractivity contribution is 5.88. The second kappa shape index (κ2) is 6.53. The SMILES string of the molecule is Cc1oc(-c2ccccc2)nc1C(=O)OCCCC#N. The van der Waals surface area contributed by atoms with Gasteiger partial charge in [0.2, 0.25) is 5.89 Å². The van der Waals surface area contributed by atoms with Gasteiger partial charge in [-0.3, -0.25) is 0 Å². The van der Waals surface area contributed by atoms with E-state index >= 15 is 0 Å². The fourth-order valence-corrected chi connectivity index (χ4v) is 1.67. The number of hydrogen-bond acceptors (Lipinski definition) is 5. The van der Waals surface area contributed by atoms with Crippen molar-refractivity contribution in [3.63, 3.8) is 0 Å². The number of hydrogen-bond donors (Lipinski definition) is 0. The van der Waals surface area contributed by atoms with Gasteiger partial charge in [-0.15, -0.1) is 0 Å². The van der Waals surface area contributed by atoms with Crippen LogP contribution in [0.15, 0.2) is 34.7 Å². The number of nitriles is 1. The van der Waals surface area contributed by atoms with Crippen molar-refractivity contribution in [2.75, 3.05) is 6.61 Å². The zero-order chi connectivity index (χ0) is 14.4. The molecule has 0 amide bonds. The van der Waals surface area contributed by atoms with Gasteiger partial charge in [-0.1, -0.05) is 18.2 Å². The van der Waals surface area contributed by atoms with Crippen LogP contribution in [0, 0.1) is 18.3 Å². The van der Waals surface area contributed by atoms with E-state index in [0.717, 1.165) is 5.56 Å². The summed E-state index contributed by atoms with van der Waals surface area (Å²) in [5.41, 5.74) is 0.986. The molecule has 5 heteroatoms. The fraction of sp³-hybridized carbons (Fsp3) is 0.267. The lowest BCUT2D eigenvalue weighted by Gasteiger charge is -2.00. The highest BCUT2D eigenvalue weighted by atomic mass is 16.5. The molecule has 0 aliphatic rings. The predicted molar refractivity (Wildman–Crippen MR) is 71.8 cm³/mol. The van der Waals surface area contributed by atoms with Gasteiger partial charge in [-0.25, -0.2) is 9.78 Å². The van der Waals surface area contributed by atoms with Crippen LogP contribution in [-0.2, 0) is 4.74 Å². The third-order valence-electron chi connectivity index (χ3n) is 2.68. The number of ether oxygens (including phenoxy) is 1. The Kier molecular flexibility index (Phi) is 4.51. The van der Waals surface area contributed by atoms with Crippen molar-refractivity contribution in [1.29, 1.82) is 5.26 Å². The minimum Gasteiger partial charge on any atom is -0.461 e. The van der Waals surface area contributed by atoms with Crippen LogP contribution in [0.1, 0.15) is 29.1 Å². The van der Waals surface area contributed by atoms with E-state index in [2.05, 4.69) is 4.98 Å². The Bertz CT molecular complexity index is 626. The summed E-state index contributed by atoms with van der Waals surface area (Å²) in [6.07, 6.45) is 0.880. The molecule has 102 valence electrons. The molecule has 1 aromatic carbocycles. The van der Waals surface area contributed by atoms with E-state index in [1.807, 2.05) is 36.4 Å². The van der Waals surface area contributed by atoms with Crippen molar-refractivity contribution < 1.29 is 13.9 Å². The highest BCUT2D eigenvalue weighted by Gasteiger charge is 2.19. The van der Waals surface area contributed by atoms with E-state index in [1.165, 1.54) is 0 Å². The molecule has 0 saturated heterocycles. The van der Waals surface area contributed by atoms with Crippen LogP contribution in [0.3, 0.4) is 0 Å². The molecule has 0 aliphatic carbocycles. The van der Waals surface area contributed by atoms with Crippen molar-refractivity contribution in [2.24, 2.45) is 0 Å². The molecule has 20 heavy (non-hydrogen) atoms. The number of benzene rings is 1. The zero-order valence-electron chi connectivity index (χ0n) is 11.1. The van der Waals surface area contributed by atoms with Crippen molar-refractivity contribution >= 4 is 5.97 Å². The summed E-state index contributed by atoms with van der Waals surface area (Å²) in [7, 11) is 0. The molecular weight excluding hydrogens is 256 g/mol. The second-order valence-electron chi connectivity index (χ2n) is 4.19. The van der Waals surface area contributed by atoms with Crippen molar-refractivity contribution in [2.45, 2.75) is 19.8 Å². The Hall–Kier alpha value is -2.61. The molecule has 0 radical (unpaired) electrons. The van der Waals surface area contributed by atoms with Gasteiger partial charge in [0.1, 0.15) is 5.76 Å². The third kappa shape index (κ3) is 3.23. The maximum Gasteiger partial charge on any atom is 0.360 e. The lowest BCUT2D eigenvalue weighted by atomic mass is 10.2. The Morgan fingerprint density at radius 3 is 2.85 bits per heavy atom. The first-order chi connectivity index (χ1) is 9.72. The quantitative estimate of drug-likeness (QED) is 0.616. The zero-order valence-corrected chi connectivity index (χ0v) is 11.1. The predicted octanol–water partition coefficient (Wildman–Crippen LogP) is 3.11. The van der Waals surface area contributed by atoms with Crippen LogP contribution in [-0.4, -0.2) is 17.6 Å². The number of rotatable bonds is 5. The molecule has 0 spiro atoms. The Labute approximate surface area is 116 Å². The summed E-state index contributed by atoms with van der Waals surface area (Å²) in [5, 5.41) is 8.40. The summed E-state index contributed by atoms with van der Waals surface area (Å²) >= 11 is 0. The first kappa shape index (κ1) is 13.8. The molecule has 0 bridgehead atoms. The van der Waals surface area contributed by atoms with E-state index in [-0.39, 0.29) is 12.3 Å². The number of esters is 1. The van der Waals surface area contributed by atoms with Crippen LogP contribution < -0.4 is 0 Å². The van der Waals surface area contributed by atoms with Gasteiger partial charge in [0.05, 0.1) is 12.7 Å². The van der Waals surface area contributed by atoms with Crippen LogP contribution >= 0.6 is 0 Å². The molecule has 0 fully saturated rings. The maximum absolute atomic E-state index is 11.8. The number of carbonyl (C=O) groups is 1. The minimum atomic E-state index is -0.522. The molecule has 0 saturated carbocycles. The fourth-order valence-electron chi connectivity index (χ4n) is 1.67. The molecule has 1 aromatic heterocycles. The summed E-state index contributed by atoms with van der Waals surface area (Å²) in [5.74, 6) is 0.299. The molecule has 0 N–H and O–H groups in total. The van der Waals surface area contributed by atoms with Crippen molar-refractivity contribution in [1.82, 2.24) is 4.98 Å². The topological polar surface area (TPSA) is 76.1 Å². The lowest BCUT2D eigenvalue weighted by molar-refractivity contribution is 0.0493. The normalized spacial score (nSPS) is 10.0. The molecule has 1 heterocycles. The van der Waals surface area contributed by atoms with Gasteiger partial charge < -0.3 is 9.15 Å². The second-order valence-corrected chi connectivity index (χ2v) is 4.19. The Morgan fingerprint density at radius 2 is 2.15 bits per heavy atom. The first-order valence-electron chi connectivity index (χ1n) is 6.29. The van der Waals surface area contributed by atoms with Crippen LogP contribution in [0.25, 0.3) is 11.5 Å². The summed E-state index contributed by atoms with van der Waals surface area (Å²) in [4.78, 5) is 16.0. The lowest BCUT2D eigenvalue weighted by Crippen LogP contribution is -2.08. The number of aryl methyl sites for hydroxylation is 1. The highest BCUT2D eigenvalue weighted by Crippen LogP contribution is 2.21. The summed E-state index contributed by atoms with van der Waals surface area (Å²) < 4.78 is 10.5. The standard InChI is InChI=1S/C15H14N2O3/c1-11-13(15(18)19-10-6-5-9-16)17-14(20-11)12-7-3-2-4-8-12/h2-4,7-8H,5-6,10H2,1H3. The number of oxazole rings is 1. The van der Waals surface area contributed by atoms with Crippen molar-refractivity contribution in [3.05, 3.63) is 41.8 Å². The Balaban J connectivity index is 2.08. The van der Waals surface area contributed by atoms with Crippen molar-refractivity contribution in [3.8, 4) is 17.5 Å². The molecule has 0 unspecified atom stereocenters. The molecule has 0 aliphatic heterocycles. The average molecular weight is 270 g/mol. The maximum atomic E-state index is 11.8. The van der Waals surface area contributed by atoms with E-state index in [0.29, 0.717) is 24.5 Å². The van der Waals surface area contributed by atoms with Gasteiger partial charge >= 0.3 is 5.97 Å². The van der Waals surface area contributed by atoms with Crippen LogP contribution in [0.4, 0.5) is 0 Å². The first-order valence-corrected chi connectivity index (χ1v) is 6.29. The number of unbranched alkanes of at least 4 members (excludes halogenated alkanes) is 1. The summed E-state index contributed by atoms with van der Waals surface area (Å²) in [6, 6.07) is 11.3. The number of carbonyl (C=O) groups excluding carboxylic acids is 1. The minimum absolute atomic E-state index is 0.181. The van der Waals surface area contributed by atoms with Gasteiger partial charge in [0.15, 0.2) is 5.69 Å². The van der Waals surface area contributed by atoms with Gasteiger partial charge in [-0.05, 0) is 25.5 Å². The van der Waals surface area contributed by atoms with Gasteiger partial charge in [0, 0.05) is 12.0 Å². The third-order valence-corrected chi connectivity index (χ3v) is 2.68. The molecule has 5 nitrogen and oxygen atoms in total. The summed E-state index contributed by atoms with van der Waals surface area (Å²) in [6.45, 7) is 1.88. The van der Waals surface area contributed by atoms with E-state index in [1.54, 1.807) is 6.92 Å². The Morgan fingerprint density at radius 1 is 1.40 bits per heavy atom. The largest absolute Gasteiger partial charge is 0.461 e. The molecule has 2 aromatic rings. The van der Waals surface area contributed by atoms with Gasteiger partial charge in [0.25, 0.3) is 0 Å².